The van der Waals surface area contributed by atoms with Crippen molar-refractivity contribution in [2.45, 2.75) is 64.8 Å². The van der Waals surface area contributed by atoms with E-state index in [0.29, 0.717) is 30.7 Å². The summed E-state index contributed by atoms with van der Waals surface area (Å²) in [5, 5.41) is 3.59. The number of carbonyl (C=O) groups excluding carboxylic acids is 5. The van der Waals surface area contributed by atoms with Crippen molar-refractivity contribution in [3.63, 3.8) is 0 Å². The molecule has 1 aliphatic rings. The molecule has 1 aromatic carbocycles. The molecule has 1 aliphatic carbocycles. The van der Waals surface area contributed by atoms with E-state index in [2.05, 4.69) is 15.3 Å². The predicted molar refractivity (Wildman–Crippen MR) is 160 cm³/mol. The van der Waals surface area contributed by atoms with E-state index >= 15 is 0 Å². The van der Waals surface area contributed by atoms with E-state index in [1.807, 2.05) is 26.0 Å². The Morgan fingerprint density at radius 1 is 1.09 bits per heavy atom. The summed E-state index contributed by atoms with van der Waals surface area (Å²) in [6, 6.07) is 10.9. The Morgan fingerprint density at radius 3 is 2.60 bits per heavy atom. The van der Waals surface area contributed by atoms with Gasteiger partial charge >= 0.3 is 5.97 Å². The number of H-pyrrole nitrogens is 1. The molecule has 1 saturated carbocycles. The predicted octanol–water partition coefficient (Wildman–Crippen LogP) is 4.87. The average Bonchev–Trinajstić information content (AvgIpc) is 3.45. The van der Waals surface area contributed by atoms with Gasteiger partial charge in [-0.15, -0.1) is 0 Å². The van der Waals surface area contributed by atoms with Crippen molar-refractivity contribution >= 4 is 40.1 Å². The van der Waals surface area contributed by atoms with Gasteiger partial charge in [0.25, 0.3) is 0 Å². The number of ether oxygens (including phenoxy) is 2. The Kier molecular flexibility index (Phi) is 10.8. The Labute approximate surface area is 250 Å². The largest absolute Gasteiger partial charge is 0.496 e. The van der Waals surface area contributed by atoms with Crippen molar-refractivity contribution in [3.8, 4) is 5.75 Å². The first-order chi connectivity index (χ1) is 20.7. The van der Waals surface area contributed by atoms with Gasteiger partial charge in [0.2, 0.25) is 5.91 Å². The van der Waals surface area contributed by atoms with Crippen molar-refractivity contribution in [2.75, 3.05) is 13.7 Å². The summed E-state index contributed by atoms with van der Waals surface area (Å²) in [6.07, 6.45) is 4.64. The number of hydrogen-bond donors (Lipinski definition) is 2. The van der Waals surface area contributed by atoms with Crippen molar-refractivity contribution in [3.05, 3.63) is 60.0 Å². The number of fused-ring (bicyclic) bond motifs is 1. The van der Waals surface area contributed by atoms with Crippen molar-refractivity contribution in [1.82, 2.24) is 15.3 Å². The molecule has 2 aromatic heterocycles. The van der Waals surface area contributed by atoms with Crippen LogP contribution in [0, 0.1) is 17.8 Å². The molecule has 10 nitrogen and oxygen atoms in total. The smallest absolute Gasteiger partial charge is 0.357 e. The van der Waals surface area contributed by atoms with Gasteiger partial charge in [-0.25, -0.2) is 9.78 Å². The van der Waals surface area contributed by atoms with Crippen LogP contribution >= 0.6 is 0 Å². The number of Topliss-reactive ketones (excluding diaryl/α,β-unsaturated/α-hetero) is 3. The summed E-state index contributed by atoms with van der Waals surface area (Å²) in [5.41, 5.74) is 1.17. The van der Waals surface area contributed by atoms with Crippen LogP contribution in [0.1, 0.15) is 79.8 Å². The van der Waals surface area contributed by atoms with E-state index in [0.717, 1.165) is 23.7 Å². The Balaban J connectivity index is 1.49. The van der Waals surface area contributed by atoms with Gasteiger partial charge in [0.15, 0.2) is 18.2 Å². The molecule has 4 rings (SSSR count). The van der Waals surface area contributed by atoms with E-state index in [9.17, 15) is 24.0 Å². The molecule has 2 heterocycles. The number of carbonyl (C=O) groups is 5. The summed E-state index contributed by atoms with van der Waals surface area (Å²) >= 11 is 0. The summed E-state index contributed by atoms with van der Waals surface area (Å²) in [4.78, 5) is 72.5. The van der Waals surface area contributed by atoms with E-state index in [-0.39, 0.29) is 41.9 Å². The van der Waals surface area contributed by atoms with E-state index in [1.54, 1.807) is 31.4 Å². The molecule has 2 N–H and O–H groups in total. The number of nitrogens with one attached hydrogen (secondary N) is 2. The van der Waals surface area contributed by atoms with Gasteiger partial charge in [0, 0.05) is 41.8 Å². The number of rotatable bonds is 14. The van der Waals surface area contributed by atoms with Crippen LogP contribution in [0.15, 0.2) is 48.7 Å². The number of aromatic amines is 1. The molecule has 3 aromatic rings. The molecule has 1 amide bonds. The zero-order chi connectivity index (χ0) is 30.9. The summed E-state index contributed by atoms with van der Waals surface area (Å²) in [7, 11) is 1.56. The van der Waals surface area contributed by atoms with Crippen LogP contribution in [0.2, 0.25) is 0 Å². The zero-order valence-electron chi connectivity index (χ0n) is 24.9. The number of nitrogens with zero attached hydrogens (tertiary/aromatic N) is 1. The van der Waals surface area contributed by atoms with E-state index < -0.39 is 36.2 Å². The van der Waals surface area contributed by atoms with Gasteiger partial charge < -0.3 is 19.8 Å². The van der Waals surface area contributed by atoms with Crippen LogP contribution in [0.4, 0.5) is 0 Å². The van der Waals surface area contributed by atoms with Crippen LogP contribution in [0.3, 0.4) is 0 Å². The van der Waals surface area contributed by atoms with Crippen LogP contribution in [0.5, 0.6) is 5.75 Å². The standard InChI is InChI=1S/C33H39N3O7/c1-20(2)15-22(17-29(38)27-18-23-24(35-27)11-8-13-31(23)42-3)32(40)36-26(16-21-9-4-5-12-28(21)37)30(39)19-43-33(41)25-10-6-7-14-34-25/h6-8,10-11,13-14,18,20-22,26,35H,4-5,9,12,15-17,19H2,1-3H3,(H,36,40)/t21-,22+,26-/m0/s1. The monoisotopic (exact) mass is 589 g/mol. The highest BCUT2D eigenvalue weighted by Crippen LogP contribution is 2.28. The lowest BCUT2D eigenvalue weighted by Gasteiger charge is -2.27. The minimum Gasteiger partial charge on any atom is -0.496 e. The Morgan fingerprint density at radius 2 is 1.91 bits per heavy atom. The first-order valence-corrected chi connectivity index (χ1v) is 14.8. The van der Waals surface area contributed by atoms with Crippen LogP contribution in [-0.2, 0) is 19.1 Å². The topological polar surface area (TPSA) is 145 Å². The second-order valence-corrected chi connectivity index (χ2v) is 11.5. The van der Waals surface area contributed by atoms with Crippen molar-refractivity contribution < 1.29 is 33.4 Å². The highest BCUT2D eigenvalue weighted by atomic mass is 16.5. The van der Waals surface area contributed by atoms with Gasteiger partial charge in [-0.1, -0.05) is 32.4 Å². The fraction of sp³-hybridized carbons (Fsp3) is 0.455. The lowest BCUT2D eigenvalue weighted by atomic mass is 9.82. The highest BCUT2D eigenvalue weighted by Gasteiger charge is 2.33. The quantitative estimate of drug-likeness (QED) is 0.200. The molecule has 3 atom stereocenters. The summed E-state index contributed by atoms with van der Waals surface area (Å²) in [5.74, 6) is -2.27. The third-order valence-corrected chi connectivity index (χ3v) is 7.83. The molecule has 0 spiro atoms. The zero-order valence-corrected chi connectivity index (χ0v) is 24.9. The molecule has 228 valence electrons. The fourth-order valence-electron chi connectivity index (χ4n) is 5.59. The third-order valence-electron chi connectivity index (χ3n) is 7.83. The van der Waals surface area contributed by atoms with Crippen LogP contribution in [-0.4, -0.2) is 59.0 Å². The lowest BCUT2D eigenvalue weighted by molar-refractivity contribution is -0.133. The van der Waals surface area contributed by atoms with Crippen LogP contribution < -0.4 is 10.1 Å². The number of benzene rings is 1. The summed E-state index contributed by atoms with van der Waals surface area (Å²) < 4.78 is 10.6. The molecular weight excluding hydrogens is 550 g/mol. The van der Waals surface area contributed by atoms with E-state index in [1.165, 1.54) is 12.3 Å². The average molecular weight is 590 g/mol. The maximum Gasteiger partial charge on any atom is 0.357 e. The normalized spacial score (nSPS) is 16.5. The minimum absolute atomic E-state index is 0.0588. The summed E-state index contributed by atoms with van der Waals surface area (Å²) in [6.45, 7) is 3.34. The van der Waals surface area contributed by atoms with Crippen molar-refractivity contribution in [2.24, 2.45) is 17.8 Å². The molecule has 0 bridgehead atoms. The molecule has 0 unspecified atom stereocenters. The Hall–Kier alpha value is -4.34. The van der Waals surface area contributed by atoms with Crippen molar-refractivity contribution in [1.29, 1.82) is 0 Å². The molecular formula is C33H39N3O7. The van der Waals surface area contributed by atoms with Gasteiger partial charge in [0.05, 0.1) is 18.8 Å². The number of amides is 1. The number of methoxy groups -OCH3 is 1. The van der Waals surface area contributed by atoms with Gasteiger partial charge in [0.1, 0.15) is 17.2 Å². The first kappa shape index (κ1) is 31.6. The number of ketones is 3. The maximum absolute atomic E-state index is 13.7. The van der Waals surface area contributed by atoms with E-state index in [4.69, 9.17) is 9.47 Å². The number of aromatic nitrogens is 2. The molecule has 43 heavy (non-hydrogen) atoms. The third kappa shape index (κ3) is 8.37. The lowest BCUT2D eigenvalue weighted by Crippen LogP contribution is -2.47. The van der Waals surface area contributed by atoms with Gasteiger partial charge in [-0.3, -0.25) is 19.2 Å². The first-order valence-electron chi connectivity index (χ1n) is 14.8. The minimum atomic E-state index is -1.04. The molecule has 0 saturated heterocycles. The second kappa shape index (κ2) is 14.7. The Bertz CT molecular complexity index is 1460. The molecule has 10 heteroatoms. The van der Waals surface area contributed by atoms with Crippen LogP contribution in [0.25, 0.3) is 10.9 Å². The molecule has 0 aliphatic heterocycles. The van der Waals surface area contributed by atoms with Gasteiger partial charge in [-0.2, -0.15) is 0 Å². The molecule has 0 radical (unpaired) electrons. The second-order valence-electron chi connectivity index (χ2n) is 11.5. The number of esters is 1. The fourth-order valence-corrected chi connectivity index (χ4v) is 5.59. The number of hydrogen-bond acceptors (Lipinski definition) is 8. The highest BCUT2D eigenvalue weighted by molar-refractivity contribution is 6.03. The van der Waals surface area contributed by atoms with Gasteiger partial charge in [-0.05, 0) is 61.9 Å². The molecule has 1 fully saturated rings. The maximum atomic E-state index is 13.7. The number of pyridine rings is 1. The SMILES string of the molecule is COc1cccc2[nH]c(C(=O)C[C@@H](CC(C)C)C(=O)N[C@@H](C[C@@H]3CCCCC3=O)C(=O)COC(=O)c3ccccn3)cc12.